The predicted octanol–water partition coefficient (Wildman–Crippen LogP) is 2.31. The Bertz CT molecular complexity index is 230. The predicted molar refractivity (Wildman–Crippen MR) is 82.3 cm³/mol. The van der Waals surface area contributed by atoms with Crippen molar-refractivity contribution < 1.29 is 0 Å². The largest absolute Gasteiger partial charge is 0.327 e. The number of unbranched alkanes of at least 4 members (excludes halogenated alkanes) is 1. The highest BCUT2D eigenvalue weighted by Crippen LogP contribution is 2.20. The van der Waals surface area contributed by atoms with Crippen LogP contribution in [0.5, 0.6) is 0 Å². The van der Waals surface area contributed by atoms with Crippen LogP contribution in [-0.2, 0) is 0 Å². The maximum absolute atomic E-state index is 6.21. The van der Waals surface area contributed by atoms with Crippen molar-refractivity contribution in [3.05, 3.63) is 0 Å². The van der Waals surface area contributed by atoms with Crippen LogP contribution in [0.3, 0.4) is 0 Å². The van der Waals surface area contributed by atoms with Crippen molar-refractivity contribution in [2.75, 3.05) is 39.3 Å². The second kappa shape index (κ2) is 8.23. The highest BCUT2D eigenvalue weighted by atomic mass is 15.2. The molecule has 0 bridgehead atoms. The first kappa shape index (κ1) is 15.3. The molecule has 0 amide bonds. The maximum atomic E-state index is 6.21. The van der Waals surface area contributed by atoms with Crippen LogP contribution >= 0.6 is 0 Å². The smallest absolute Gasteiger partial charge is 0.0167 e. The molecule has 0 aromatic heterocycles. The lowest BCUT2D eigenvalue weighted by Crippen LogP contribution is -2.43. The molecule has 0 radical (unpaired) electrons. The van der Waals surface area contributed by atoms with E-state index in [4.69, 9.17) is 5.73 Å². The van der Waals surface area contributed by atoms with Crippen molar-refractivity contribution in [1.82, 2.24) is 9.80 Å². The third kappa shape index (κ3) is 5.41. The van der Waals surface area contributed by atoms with Crippen molar-refractivity contribution in [2.45, 2.75) is 57.9 Å². The maximum Gasteiger partial charge on any atom is 0.0167 e. The zero-order chi connectivity index (χ0) is 13.5. The number of rotatable bonds is 7. The Morgan fingerprint density at radius 2 is 1.74 bits per heavy atom. The van der Waals surface area contributed by atoms with Crippen molar-refractivity contribution in [3.63, 3.8) is 0 Å². The molecule has 3 nitrogen and oxygen atoms in total. The van der Waals surface area contributed by atoms with Gasteiger partial charge in [-0.1, -0.05) is 19.8 Å². The third-order valence-corrected chi connectivity index (χ3v) is 4.84. The number of nitrogens with zero attached hydrogens (tertiary/aromatic N) is 2. The molecule has 2 heterocycles. The Labute approximate surface area is 119 Å². The van der Waals surface area contributed by atoms with E-state index in [9.17, 15) is 0 Å². The van der Waals surface area contributed by atoms with Gasteiger partial charge in [0.05, 0.1) is 0 Å². The van der Waals surface area contributed by atoms with E-state index in [2.05, 4.69) is 16.7 Å². The van der Waals surface area contributed by atoms with Gasteiger partial charge < -0.3 is 15.5 Å². The van der Waals surface area contributed by atoms with Crippen molar-refractivity contribution >= 4 is 0 Å². The van der Waals surface area contributed by atoms with Crippen LogP contribution in [0.15, 0.2) is 0 Å². The van der Waals surface area contributed by atoms with Gasteiger partial charge in [-0.2, -0.15) is 0 Å². The second-order valence-corrected chi connectivity index (χ2v) is 6.65. The van der Waals surface area contributed by atoms with Crippen molar-refractivity contribution in [2.24, 2.45) is 11.7 Å². The first-order valence-electron chi connectivity index (χ1n) is 8.48. The topological polar surface area (TPSA) is 32.5 Å². The number of nitrogens with two attached hydrogens (primary N) is 1. The molecule has 1 atom stereocenters. The van der Waals surface area contributed by atoms with Gasteiger partial charge in [-0.15, -0.1) is 0 Å². The summed E-state index contributed by atoms with van der Waals surface area (Å²) < 4.78 is 0. The first-order chi connectivity index (χ1) is 9.28. The van der Waals surface area contributed by atoms with Gasteiger partial charge in [0.1, 0.15) is 0 Å². The summed E-state index contributed by atoms with van der Waals surface area (Å²) in [5.74, 6) is 0.946. The molecule has 0 aromatic carbocycles. The molecule has 2 aliphatic heterocycles. The molecule has 0 saturated carbocycles. The molecule has 2 aliphatic rings. The van der Waals surface area contributed by atoms with Gasteiger partial charge >= 0.3 is 0 Å². The molecule has 0 spiro atoms. The van der Waals surface area contributed by atoms with Crippen LogP contribution in [0, 0.1) is 5.92 Å². The van der Waals surface area contributed by atoms with Crippen LogP contribution in [0.25, 0.3) is 0 Å². The molecular weight excluding hydrogens is 234 g/mol. The Morgan fingerprint density at radius 3 is 2.37 bits per heavy atom. The average molecular weight is 267 g/mol. The van der Waals surface area contributed by atoms with E-state index in [1.807, 2.05) is 0 Å². The summed E-state index contributed by atoms with van der Waals surface area (Å²) in [7, 11) is 0. The number of likely N-dealkylation sites (tertiary alicyclic amines) is 2. The molecule has 3 heteroatoms. The Kier molecular flexibility index (Phi) is 6.62. The Morgan fingerprint density at radius 1 is 1.05 bits per heavy atom. The normalized spacial score (nSPS) is 24.9. The number of piperidine rings is 1. The van der Waals surface area contributed by atoms with E-state index in [1.54, 1.807) is 0 Å². The lowest BCUT2D eigenvalue weighted by atomic mass is 9.95. The molecule has 0 aromatic rings. The summed E-state index contributed by atoms with van der Waals surface area (Å²) in [5, 5.41) is 0. The van der Waals surface area contributed by atoms with E-state index in [0.29, 0.717) is 6.04 Å². The quantitative estimate of drug-likeness (QED) is 0.768. The molecule has 112 valence electrons. The third-order valence-electron chi connectivity index (χ3n) is 4.84. The first-order valence-corrected chi connectivity index (χ1v) is 8.48. The minimum Gasteiger partial charge on any atom is -0.327 e. The van der Waals surface area contributed by atoms with Crippen LogP contribution in [0.2, 0.25) is 0 Å². The molecule has 1 unspecified atom stereocenters. The van der Waals surface area contributed by atoms with Crippen molar-refractivity contribution in [1.29, 1.82) is 0 Å². The van der Waals surface area contributed by atoms with E-state index < -0.39 is 0 Å². The second-order valence-electron chi connectivity index (χ2n) is 6.65. The molecule has 2 rings (SSSR count). The number of hydrogen-bond acceptors (Lipinski definition) is 3. The van der Waals surface area contributed by atoms with E-state index >= 15 is 0 Å². The van der Waals surface area contributed by atoms with Crippen LogP contribution in [0.4, 0.5) is 0 Å². The average Bonchev–Trinajstić information content (AvgIpc) is 2.91. The highest BCUT2D eigenvalue weighted by molar-refractivity contribution is 4.79. The summed E-state index contributed by atoms with van der Waals surface area (Å²) in [6, 6.07) is 0.398. The van der Waals surface area contributed by atoms with Gasteiger partial charge in [-0.05, 0) is 64.2 Å². The monoisotopic (exact) mass is 267 g/mol. The van der Waals surface area contributed by atoms with Gasteiger partial charge in [0, 0.05) is 19.1 Å². The lowest BCUT2D eigenvalue weighted by Gasteiger charge is -2.35. The van der Waals surface area contributed by atoms with E-state index in [0.717, 1.165) is 12.5 Å². The molecule has 2 fully saturated rings. The SMILES string of the molecule is CCCCC(N)CN1CCC(CN2CCCC2)CC1. The summed E-state index contributed by atoms with van der Waals surface area (Å²) in [5.41, 5.74) is 6.21. The summed E-state index contributed by atoms with van der Waals surface area (Å²) >= 11 is 0. The van der Waals surface area contributed by atoms with Gasteiger partial charge in [0.15, 0.2) is 0 Å². The molecule has 0 aliphatic carbocycles. The minimum absolute atomic E-state index is 0.398. The van der Waals surface area contributed by atoms with Crippen LogP contribution in [0.1, 0.15) is 51.9 Å². The fourth-order valence-electron chi connectivity index (χ4n) is 3.57. The minimum atomic E-state index is 0.398. The number of hydrogen-bond donors (Lipinski definition) is 1. The summed E-state index contributed by atoms with van der Waals surface area (Å²) in [6.07, 6.45) is 9.37. The molecule has 2 saturated heterocycles. The molecular formula is C16H33N3. The highest BCUT2D eigenvalue weighted by Gasteiger charge is 2.23. The Balaban J connectivity index is 1.59. The Hall–Kier alpha value is -0.120. The zero-order valence-electron chi connectivity index (χ0n) is 12.8. The zero-order valence-corrected chi connectivity index (χ0v) is 12.8. The van der Waals surface area contributed by atoms with Crippen LogP contribution in [-0.4, -0.2) is 55.1 Å². The van der Waals surface area contributed by atoms with Gasteiger partial charge in [-0.3, -0.25) is 0 Å². The standard InChI is InChI=1S/C16H33N3/c1-2-3-6-16(17)14-19-11-7-15(8-12-19)13-18-9-4-5-10-18/h15-16H,2-14,17H2,1H3. The van der Waals surface area contributed by atoms with Crippen molar-refractivity contribution in [3.8, 4) is 0 Å². The van der Waals surface area contributed by atoms with Gasteiger partial charge in [0.2, 0.25) is 0 Å². The van der Waals surface area contributed by atoms with E-state index in [1.165, 1.54) is 77.7 Å². The summed E-state index contributed by atoms with van der Waals surface area (Å²) in [6.45, 7) is 9.98. The van der Waals surface area contributed by atoms with Gasteiger partial charge in [-0.25, -0.2) is 0 Å². The fourth-order valence-corrected chi connectivity index (χ4v) is 3.57. The fraction of sp³-hybridized carbons (Fsp3) is 1.00. The van der Waals surface area contributed by atoms with Crippen LogP contribution < -0.4 is 5.73 Å². The lowest BCUT2D eigenvalue weighted by molar-refractivity contribution is 0.147. The molecule has 2 N–H and O–H groups in total. The molecule has 19 heavy (non-hydrogen) atoms. The summed E-state index contributed by atoms with van der Waals surface area (Å²) in [4.78, 5) is 5.27. The van der Waals surface area contributed by atoms with Gasteiger partial charge in [0.25, 0.3) is 0 Å². The van der Waals surface area contributed by atoms with E-state index in [-0.39, 0.29) is 0 Å².